The number of ether oxygens (including phenoxy) is 1. The number of nitrogens with one attached hydrogen (secondary N) is 1. The highest BCUT2D eigenvalue weighted by Crippen LogP contribution is 2.27. The summed E-state index contributed by atoms with van der Waals surface area (Å²) in [6.07, 6.45) is -0.0470. The molecule has 5 nitrogen and oxygen atoms in total. The molecule has 0 saturated heterocycles. The topological polar surface area (TPSA) is 85.9 Å². The van der Waals surface area contributed by atoms with Crippen molar-refractivity contribution in [3.05, 3.63) is 65.7 Å². The quantitative estimate of drug-likeness (QED) is 0.827. The number of carbonyl (C=O) groups excluding carboxylic acids is 1. The first kappa shape index (κ1) is 19.0. The van der Waals surface area contributed by atoms with Crippen LogP contribution in [0.3, 0.4) is 0 Å². The fourth-order valence-corrected chi connectivity index (χ4v) is 2.64. The Balaban J connectivity index is 2.29. The van der Waals surface area contributed by atoms with Crippen LogP contribution < -0.4 is 10.1 Å². The van der Waals surface area contributed by atoms with Gasteiger partial charge in [-0.2, -0.15) is 10.5 Å². The SMILES string of the molecule is CCC(C#N)C(=O)N[C@H](C)[C@@H](Oc1ccccc1C#N)c1ccccc1. The Labute approximate surface area is 153 Å². The summed E-state index contributed by atoms with van der Waals surface area (Å²) in [4.78, 5) is 12.3. The first-order valence-corrected chi connectivity index (χ1v) is 8.51. The molecule has 1 unspecified atom stereocenters. The third-order valence-corrected chi connectivity index (χ3v) is 4.09. The van der Waals surface area contributed by atoms with E-state index in [2.05, 4.69) is 11.4 Å². The Morgan fingerprint density at radius 2 is 1.77 bits per heavy atom. The molecule has 2 aromatic carbocycles. The third-order valence-electron chi connectivity index (χ3n) is 4.09. The van der Waals surface area contributed by atoms with Gasteiger partial charge < -0.3 is 10.1 Å². The average molecular weight is 347 g/mol. The summed E-state index contributed by atoms with van der Waals surface area (Å²) in [5.74, 6) is -0.557. The van der Waals surface area contributed by atoms with Gasteiger partial charge in [0.1, 0.15) is 23.8 Å². The number of hydrogen-bond acceptors (Lipinski definition) is 4. The lowest BCUT2D eigenvalue weighted by atomic mass is 10.0. The van der Waals surface area contributed by atoms with Crippen molar-refractivity contribution >= 4 is 5.91 Å². The van der Waals surface area contributed by atoms with E-state index in [4.69, 9.17) is 10.00 Å². The van der Waals surface area contributed by atoms with Crippen LogP contribution in [0.4, 0.5) is 0 Å². The van der Waals surface area contributed by atoms with E-state index >= 15 is 0 Å². The zero-order valence-electron chi connectivity index (χ0n) is 14.8. The fourth-order valence-electron chi connectivity index (χ4n) is 2.64. The molecule has 0 spiro atoms. The van der Waals surface area contributed by atoms with Gasteiger partial charge in [-0.05, 0) is 31.0 Å². The van der Waals surface area contributed by atoms with Crippen LogP contribution >= 0.6 is 0 Å². The minimum atomic E-state index is -0.694. The number of para-hydroxylation sites is 1. The van der Waals surface area contributed by atoms with Gasteiger partial charge in [0.05, 0.1) is 17.7 Å². The van der Waals surface area contributed by atoms with Crippen molar-refractivity contribution in [2.45, 2.75) is 32.4 Å². The largest absolute Gasteiger partial charge is 0.482 e. The molecule has 1 amide bonds. The molecule has 2 rings (SSSR count). The van der Waals surface area contributed by atoms with Gasteiger partial charge in [0.15, 0.2) is 0 Å². The second-order valence-corrected chi connectivity index (χ2v) is 5.94. The Hall–Kier alpha value is -3.31. The van der Waals surface area contributed by atoms with Gasteiger partial charge in [0.2, 0.25) is 5.91 Å². The lowest BCUT2D eigenvalue weighted by Gasteiger charge is -2.27. The van der Waals surface area contributed by atoms with E-state index in [-0.39, 0.29) is 11.9 Å². The van der Waals surface area contributed by atoms with E-state index < -0.39 is 12.0 Å². The van der Waals surface area contributed by atoms with E-state index in [1.165, 1.54) is 0 Å². The third kappa shape index (κ3) is 4.62. The summed E-state index contributed by atoms with van der Waals surface area (Å²) < 4.78 is 6.11. The number of hydrogen-bond donors (Lipinski definition) is 1. The molecule has 0 fully saturated rings. The van der Waals surface area contributed by atoms with Crippen LogP contribution in [0.1, 0.15) is 37.5 Å². The minimum Gasteiger partial charge on any atom is -0.482 e. The van der Waals surface area contributed by atoms with Crippen molar-refractivity contribution in [2.75, 3.05) is 0 Å². The monoisotopic (exact) mass is 347 g/mol. The molecule has 2 aromatic rings. The molecule has 0 bridgehead atoms. The van der Waals surface area contributed by atoms with Crippen LogP contribution in [0.2, 0.25) is 0 Å². The number of nitriles is 2. The Kier molecular flexibility index (Phi) is 6.76. The van der Waals surface area contributed by atoms with Crippen LogP contribution in [-0.4, -0.2) is 11.9 Å². The van der Waals surface area contributed by atoms with Gasteiger partial charge in [0.25, 0.3) is 0 Å². The van der Waals surface area contributed by atoms with Crippen LogP contribution in [0, 0.1) is 28.6 Å². The molecule has 26 heavy (non-hydrogen) atoms. The standard InChI is InChI=1S/C21H21N3O2/c1-3-16(13-22)21(25)24-15(2)20(17-9-5-4-6-10-17)26-19-12-8-7-11-18(19)14-23/h4-12,15-16,20H,3H2,1-2H3,(H,24,25)/t15-,16?,20-/m1/s1. The zero-order valence-corrected chi connectivity index (χ0v) is 14.8. The second-order valence-electron chi connectivity index (χ2n) is 5.94. The predicted octanol–water partition coefficient (Wildman–Crippen LogP) is 3.73. The first-order valence-electron chi connectivity index (χ1n) is 8.51. The summed E-state index contributed by atoms with van der Waals surface area (Å²) in [6, 6.07) is 20.2. The van der Waals surface area contributed by atoms with E-state index in [0.717, 1.165) is 5.56 Å². The summed E-state index contributed by atoms with van der Waals surface area (Å²) in [5.41, 5.74) is 1.30. The summed E-state index contributed by atoms with van der Waals surface area (Å²) in [5, 5.41) is 21.2. The highest BCUT2D eigenvalue weighted by atomic mass is 16.5. The number of carbonyl (C=O) groups is 1. The molecule has 0 aliphatic carbocycles. The zero-order chi connectivity index (χ0) is 18.9. The molecule has 5 heteroatoms. The Morgan fingerprint density at radius 1 is 1.12 bits per heavy atom. The fraction of sp³-hybridized carbons (Fsp3) is 0.286. The second kappa shape index (κ2) is 9.25. The first-order chi connectivity index (χ1) is 12.6. The number of benzene rings is 2. The summed E-state index contributed by atoms with van der Waals surface area (Å²) in [7, 11) is 0. The van der Waals surface area contributed by atoms with Gasteiger partial charge in [-0.1, -0.05) is 49.4 Å². The highest BCUT2D eigenvalue weighted by molar-refractivity contribution is 5.81. The van der Waals surface area contributed by atoms with Crippen LogP contribution in [-0.2, 0) is 4.79 Å². The van der Waals surface area contributed by atoms with Crippen molar-refractivity contribution in [3.63, 3.8) is 0 Å². The molecular formula is C21H21N3O2. The number of amides is 1. The van der Waals surface area contributed by atoms with Crippen LogP contribution in [0.25, 0.3) is 0 Å². The van der Waals surface area contributed by atoms with E-state index in [1.54, 1.807) is 31.2 Å². The minimum absolute atomic E-state index is 0.319. The molecule has 0 saturated carbocycles. The van der Waals surface area contributed by atoms with E-state index in [9.17, 15) is 10.1 Å². The number of rotatable bonds is 7. The van der Waals surface area contributed by atoms with Gasteiger partial charge in [-0.15, -0.1) is 0 Å². The van der Waals surface area contributed by atoms with E-state index in [0.29, 0.717) is 17.7 Å². The van der Waals surface area contributed by atoms with Gasteiger partial charge in [0, 0.05) is 0 Å². The number of nitrogens with zero attached hydrogens (tertiary/aromatic N) is 2. The van der Waals surface area contributed by atoms with Crippen LogP contribution in [0.15, 0.2) is 54.6 Å². The Bertz CT molecular complexity index is 821. The lowest BCUT2D eigenvalue weighted by Crippen LogP contribution is -2.41. The van der Waals surface area contributed by atoms with Crippen molar-refractivity contribution in [2.24, 2.45) is 5.92 Å². The Morgan fingerprint density at radius 3 is 2.38 bits per heavy atom. The van der Waals surface area contributed by atoms with Crippen molar-refractivity contribution in [3.8, 4) is 17.9 Å². The smallest absolute Gasteiger partial charge is 0.237 e. The molecule has 0 aliphatic rings. The maximum absolute atomic E-state index is 12.3. The van der Waals surface area contributed by atoms with Gasteiger partial charge in [-0.3, -0.25) is 4.79 Å². The van der Waals surface area contributed by atoms with Gasteiger partial charge in [-0.25, -0.2) is 0 Å². The maximum Gasteiger partial charge on any atom is 0.237 e. The summed E-state index contributed by atoms with van der Waals surface area (Å²) >= 11 is 0. The molecule has 0 heterocycles. The van der Waals surface area contributed by atoms with Crippen molar-refractivity contribution in [1.82, 2.24) is 5.32 Å². The molecule has 0 aromatic heterocycles. The van der Waals surface area contributed by atoms with E-state index in [1.807, 2.05) is 43.3 Å². The molecule has 0 radical (unpaired) electrons. The molecular weight excluding hydrogens is 326 g/mol. The highest BCUT2D eigenvalue weighted by Gasteiger charge is 2.26. The molecule has 0 aliphatic heterocycles. The molecule has 132 valence electrons. The molecule has 1 N–H and O–H groups in total. The normalized spacial score (nSPS) is 13.5. The van der Waals surface area contributed by atoms with Crippen molar-refractivity contribution < 1.29 is 9.53 Å². The van der Waals surface area contributed by atoms with Crippen molar-refractivity contribution in [1.29, 1.82) is 10.5 Å². The van der Waals surface area contributed by atoms with Crippen LogP contribution in [0.5, 0.6) is 5.75 Å². The summed E-state index contributed by atoms with van der Waals surface area (Å²) in [6.45, 7) is 3.63. The predicted molar refractivity (Wildman–Crippen MR) is 98.0 cm³/mol. The van der Waals surface area contributed by atoms with Gasteiger partial charge >= 0.3 is 0 Å². The lowest BCUT2D eigenvalue weighted by molar-refractivity contribution is -0.124. The average Bonchev–Trinajstić information content (AvgIpc) is 2.67. The maximum atomic E-state index is 12.3. The molecule has 3 atom stereocenters.